The first-order valence-corrected chi connectivity index (χ1v) is 7.51. The van der Waals surface area contributed by atoms with Gasteiger partial charge in [0.25, 0.3) is 0 Å². The Balaban J connectivity index is 1.66. The molecule has 1 aliphatic carbocycles. The molecule has 0 unspecified atom stereocenters. The van der Waals surface area contributed by atoms with Crippen LogP contribution in [0.4, 0.5) is 5.69 Å². The largest absolute Gasteiger partial charge is 0.369 e. The molecule has 0 bridgehead atoms. The Hall–Kier alpha value is -2.28. The monoisotopic (exact) mass is 280 g/mol. The minimum atomic E-state index is 0.596. The number of anilines is 1. The van der Waals surface area contributed by atoms with Crippen molar-refractivity contribution in [1.29, 1.82) is 5.26 Å². The molecule has 4 heteroatoms. The third kappa shape index (κ3) is 3.08. The van der Waals surface area contributed by atoms with Crippen molar-refractivity contribution in [1.82, 2.24) is 9.78 Å². The van der Waals surface area contributed by atoms with Crippen LogP contribution in [0.1, 0.15) is 43.0 Å². The summed E-state index contributed by atoms with van der Waals surface area (Å²) in [5.41, 5.74) is 2.89. The lowest BCUT2D eigenvalue weighted by molar-refractivity contribution is 0.463. The summed E-state index contributed by atoms with van der Waals surface area (Å²) >= 11 is 0. The highest BCUT2D eigenvalue weighted by Gasteiger charge is 2.17. The Morgan fingerprint density at radius 3 is 2.62 bits per heavy atom. The fourth-order valence-electron chi connectivity index (χ4n) is 2.96. The van der Waals surface area contributed by atoms with Crippen molar-refractivity contribution in [2.45, 2.75) is 38.3 Å². The molecular weight excluding hydrogens is 260 g/mol. The highest BCUT2D eigenvalue weighted by Crippen LogP contribution is 2.28. The summed E-state index contributed by atoms with van der Waals surface area (Å²) in [6, 6.07) is 12.5. The first-order valence-electron chi connectivity index (χ1n) is 7.51. The van der Waals surface area contributed by atoms with Gasteiger partial charge in [-0.05, 0) is 43.2 Å². The number of hydrogen-bond acceptors (Lipinski definition) is 3. The third-order valence-corrected chi connectivity index (χ3v) is 4.20. The van der Waals surface area contributed by atoms with E-state index in [-0.39, 0.29) is 0 Å². The predicted octanol–water partition coefficient (Wildman–Crippen LogP) is 3.51. The Morgan fingerprint density at radius 2 is 1.95 bits per heavy atom. The average Bonchev–Trinajstić information content (AvgIpc) is 3.18. The number of hydrogen-bond donors (Lipinski definition) is 0. The molecule has 0 saturated heterocycles. The maximum atomic E-state index is 8.83. The summed E-state index contributed by atoms with van der Waals surface area (Å²) in [6.45, 7) is 0.783. The zero-order valence-electron chi connectivity index (χ0n) is 12.4. The van der Waals surface area contributed by atoms with Gasteiger partial charge in [0.15, 0.2) is 0 Å². The van der Waals surface area contributed by atoms with E-state index in [1.807, 2.05) is 24.3 Å². The van der Waals surface area contributed by atoms with Gasteiger partial charge in [-0.3, -0.25) is 4.68 Å². The van der Waals surface area contributed by atoms with E-state index in [4.69, 9.17) is 10.4 Å². The van der Waals surface area contributed by atoms with Gasteiger partial charge in [-0.15, -0.1) is 0 Å². The van der Waals surface area contributed by atoms with Gasteiger partial charge < -0.3 is 4.90 Å². The van der Waals surface area contributed by atoms with Crippen molar-refractivity contribution in [3.63, 3.8) is 0 Å². The molecule has 1 heterocycles. The molecule has 1 saturated carbocycles. The first kappa shape index (κ1) is 13.7. The van der Waals surface area contributed by atoms with Crippen molar-refractivity contribution in [2.75, 3.05) is 11.9 Å². The lowest BCUT2D eigenvalue weighted by Crippen LogP contribution is -2.17. The van der Waals surface area contributed by atoms with E-state index in [0.717, 1.165) is 17.9 Å². The van der Waals surface area contributed by atoms with E-state index in [0.29, 0.717) is 11.6 Å². The van der Waals surface area contributed by atoms with Crippen LogP contribution in [0.3, 0.4) is 0 Å². The maximum absolute atomic E-state index is 8.83. The maximum Gasteiger partial charge on any atom is 0.0991 e. The number of aromatic nitrogens is 2. The summed E-state index contributed by atoms with van der Waals surface area (Å²) in [5, 5.41) is 13.5. The standard InChI is InChI=1S/C17H20N4/c1-20(16-8-6-14(12-18)7-9-16)13-15-10-11-21(19-15)17-4-2-3-5-17/h6-11,17H,2-5,13H2,1H3. The summed E-state index contributed by atoms with van der Waals surface area (Å²) in [7, 11) is 2.05. The fourth-order valence-corrected chi connectivity index (χ4v) is 2.96. The summed E-state index contributed by atoms with van der Waals surface area (Å²) < 4.78 is 2.13. The molecule has 2 aromatic rings. The first-order chi connectivity index (χ1) is 10.3. The summed E-state index contributed by atoms with van der Waals surface area (Å²) in [5.74, 6) is 0. The molecule has 0 spiro atoms. The highest BCUT2D eigenvalue weighted by atomic mass is 15.3. The minimum Gasteiger partial charge on any atom is -0.369 e. The number of benzene rings is 1. The summed E-state index contributed by atoms with van der Waals surface area (Å²) in [6.07, 6.45) is 7.27. The Bertz CT molecular complexity index is 630. The van der Waals surface area contributed by atoms with E-state index >= 15 is 0 Å². The van der Waals surface area contributed by atoms with Gasteiger partial charge in [0.05, 0.1) is 29.9 Å². The molecular formula is C17H20N4. The quantitative estimate of drug-likeness (QED) is 0.861. The van der Waals surface area contributed by atoms with Gasteiger partial charge in [-0.1, -0.05) is 12.8 Å². The van der Waals surface area contributed by atoms with E-state index < -0.39 is 0 Å². The normalized spacial score (nSPS) is 15.0. The van der Waals surface area contributed by atoms with Gasteiger partial charge >= 0.3 is 0 Å². The van der Waals surface area contributed by atoms with Crippen LogP contribution in [0.25, 0.3) is 0 Å². The molecule has 0 atom stereocenters. The lowest BCUT2D eigenvalue weighted by atomic mass is 10.2. The molecule has 4 nitrogen and oxygen atoms in total. The van der Waals surface area contributed by atoms with Crippen molar-refractivity contribution in [3.05, 3.63) is 47.8 Å². The van der Waals surface area contributed by atoms with E-state index in [1.165, 1.54) is 25.7 Å². The summed E-state index contributed by atoms with van der Waals surface area (Å²) in [4.78, 5) is 2.16. The van der Waals surface area contributed by atoms with Crippen LogP contribution in [0.5, 0.6) is 0 Å². The zero-order chi connectivity index (χ0) is 14.7. The second-order valence-corrected chi connectivity index (χ2v) is 5.74. The topological polar surface area (TPSA) is 44.9 Å². The smallest absolute Gasteiger partial charge is 0.0991 e. The van der Waals surface area contributed by atoms with Gasteiger partial charge in [-0.2, -0.15) is 10.4 Å². The van der Waals surface area contributed by atoms with Crippen LogP contribution >= 0.6 is 0 Å². The number of nitriles is 1. The lowest BCUT2D eigenvalue weighted by Gasteiger charge is -2.18. The van der Waals surface area contributed by atoms with Gasteiger partial charge in [-0.25, -0.2) is 0 Å². The molecule has 21 heavy (non-hydrogen) atoms. The second-order valence-electron chi connectivity index (χ2n) is 5.74. The van der Waals surface area contributed by atoms with Crippen LogP contribution in [-0.4, -0.2) is 16.8 Å². The van der Waals surface area contributed by atoms with Gasteiger partial charge in [0, 0.05) is 18.9 Å². The van der Waals surface area contributed by atoms with Gasteiger partial charge in [0.2, 0.25) is 0 Å². The molecule has 0 radical (unpaired) electrons. The number of nitrogens with zero attached hydrogens (tertiary/aromatic N) is 4. The minimum absolute atomic E-state index is 0.596. The molecule has 3 rings (SSSR count). The van der Waals surface area contributed by atoms with Crippen LogP contribution in [0.2, 0.25) is 0 Å². The van der Waals surface area contributed by atoms with E-state index in [2.05, 4.69) is 35.0 Å². The molecule has 1 fully saturated rings. The molecule has 1 aromatic carbocycles. The van der Waals surface area contributed by atoms with E-state index in [1.54, 1.807) is 0 Å². The van der Waals surface area contributed by atoms with Crippen molar-refractivity contribution in [3.8, 4) is 6.07 Å². The Labute approximate surface area is 125 Å². The van der Waals surface area contributed by atoms with Crippen LogP contribution in [-0.2, 0) is 6.54 Å². The van der Waals surface area contributed by atoms with Crippen LogP contribution in [0.15, 0.2) is 36.5 Å². The zero-order valence-corrected chi connectivity index (χ0v) is 12.4. The average molecular weight is 280 g/mol. The SMILES string of the molecule is CN(Cc1ccn(C2CCCC2)n1)c1ccc(C#N)cc1. The number of rotatable bonds is 4. The fraction of sp³-hybridized carbons (Fsp3) is 0.412. The second kappa shape index (κ2) is 6.01. The molecule has 1 aliphatic rings. The predicted molar refractivity (Wildman–Crippen MR) is 83.0 cm³/mol. The Kier molecular flexibility index (Phi) is 3.92. The van der Waals surface area contributed by atoms with Crippen LogP contribution in [0, 0.1) is 11.3 Å². The molecule has 0 N–H and O–H groups in total. The highest BCUT2D eigenvalue weighted by molar-refractivity contribution is 5.49. The van der Waals surface area contributed by atoms with Crippen molar-refractivity contribution in [2.24, 2.45) is 0 Å². The molecule has 1 aromatic heterocycles. The van der Waals surface area contributed by atoms with Crippen molar-refractivity contribution < 1.29 is 0 Å². The van der Waals surface area contributed by atoms with Gasteiger partial charge in [0.1, 0.15) is 0 Å². The van der Waals surface area contributed by atoms with Crippen LogP contribution < -0.4 is 4.90 Å². The third-order valence-electron chi connectivity index (χ3n) is 4.20. The van der Waals surface area contributed by atoms with Crippen molar-refractivity contribution >= 4 is 5.69 Å². The molecule has 0 aliphatic heterocycles. The Morgan fingerprint density at radius 1 is 1.24 bits per heavy atom. The van der Waals surface area contributed by atoms with E-state index in [9.17, 15) is 0 Å². The molecule has 108 valence electrons. The molecule has 0 amide bonds.